The van der Waals surface area contributed by atoms with Crippen LogP contribution in [-0.2, 0) is 14.6 Å². The number of nitrogens with one attached hydrogen (secondary N) is 2. The Kier molecular flexibility index (Phi) is 6.83. The highest BCUT2D eigenvalue weighted by molar-refractivity contribution is 7.91. The molecule has 0 radical (unpaired) electrons. The molecule has 0 aliphatic heterocycles. The van der Waals surface area contributed by atoms with E-state index in [2.05, 4.69) is 10.6 Å². The van der Waals surface area contributed by atoms with Crippen LogP contribution in [0.1, 0.15) is 0 Å². The summed E-state index contributed by atoms with van der Waals surface area (Å²) in [7, 11) is -3.01. The van der Waals surface area contributed by atoms with E-state index < -0.39 is 15.6 Å². The highest BCUT2D eigenvalue weighted by Crippen LogP contribution is 2.25. The quantitative estimate of drug-likeness (QED) is 0.674. The summed E-state index contributed by atoms with van der Waals surface area (Å²) in [5, 5.41) is 5.89. The lowest BCUT2D eigenvalue weighted by Crippen LogP contribution is -2.26. The van der Waals surface area contributed by atoms with Crippen molar-refractivity contribution in [3.8, 4) is 0 Å². The molecule has 0 saturated heterocycles. The van der Waals surface area contributed by atoms with Gasteiger partial charge >= 0.3 is 5.76 Å². The third-order valence-electron chi connectivity index (χ3n) is 2.53. The van der Waals surface area contributed by atoms with Gasteiger partial charge in [0.15, 0.2) is 0 Å². The molecular formula is C12H18F2N2O3S. The van der Waals surface area contributed by atoms with Crippen molar-refractivity contribution in [2.24, 2.45) is 0 Å². The summed E-state index contributed by atoms with van der Waals surface area (Å²) in [4.78, 5) is -0.383. The Morgan fingerprint density at radius 1 is 1.20 bits per heavy atom. The number of halogens is 2. The smallest absolute Gasteiger partial charge is 0.341 e. The molecule has 1 rings (SSSR count). The first-order chi connectivity index (χ1) is 9.50. The molecular weight excluding hydrogens is 290 g/mol. The van der Waals surface area contributed by atoms with Crippen LogP contribution in [0.3, 0.4) is 0 Å². The number of ether oxygens (including phenoxy) is 1. The van der Waals surface area contributed by atoms with Gasteiger partial charge in [0.25, 0.3) is 0 Å². The van der Waals surface area contributed by atoms with Gasteiger partial charge in [0, 0.05) is 26.7 Å². The maximum absolute atomic E-state index is 12.6. The predicted molar refractivity (Wildman–Crippen MR) is 72.9 cm³/mol. The van der Waals surface area contributed by atoms with Crippen LogP contribution in [0.2, 0.25) is 0 Å². The average molecular weight is 308 g/mol. The number of methoxy groups -OCH3 is 1. The highest BCUT2D eigenvalue weighted by atomic mass is 32.2. The van der Waals surface area contributed by atoms with Crippen LogP contribution >= 0.6 is 0 Å². The minimum absolute atomic E-state index is 0.182. The summed E-state index contributed by atoms with van der Waals surface area (Å²) in [6.07, 6.45) is 0. The minimum atomic E-state index is -4.60. The van der Waals surface area contributed by atoms with Gasteiger partial charge in [-0.3, -0.25) is 0 Å². The summed E-state index contributed by atoms with van der Waals surface area (Å²) >= 11 is 0. The molecule has 0 unspecified atom stereocenters. The molecule has 20 heavy (non-hydrogen) atoms. The summed E-state index contributed by atoms with van der Waals surface area (Å²) in [6.45, 7) is 2.21. The Morgan fingerprint density at radius 2 is 1.90 bits per heavy atom. The largest absolute Gasteiger partial charge is 0.383 e. The molecule has 114 valence electrons. The first kappa shape index (κ1) is 16.8. The molecule has 0 atom stereocenters. The molecule has 0 fully saturated rings. The fraction of sp³-hybridized carbons (Fsp3) is 0.500. The van der Waals surface area contributed by atoms with Gasteiger partial charge in [0.05, 0.1) is 17.2 Å². The van der Waals surface area contributed by atoms with Gasteiger partial charge in [-0.25, -0.2) is 8.42 Å². The van der Waals surface area contributed by atoms with E-state index in [1.54, 1.807) is 13.2 Å². The van der Waals surface area contributed by atoms with Gasteiger partial charge in [-0.1, -0.05) is 12.1 Å². The van der Waals surface area contributed by atoms with Gasteiger partial charge in [-0.15, -0.1) is 0 Å². The molecule has 0 bridgehead atoms. The van der Waals surface area contributed by atoms with Crippen molar-refractivity contribution in [3.63, 3.8) is 0 Å². The second kappa shape index (κ2) is 8.13. The van der Waals surface area contributed by atoms with Gasteiger partial charge in [0.1, 0.15) is 0 Å². The first-order valence-corrected chi connectivity index (χ1v) is 7.59. The number of para-hydroxylation sites is 1. The second-order valence-corrected chi connectivity index (χ2v) is 5.86. The van der Waals surface area contributed by atoms with Gasteiger partial charge in [0.2, 0.25) is 9.84 Å². The van der Waals surface area contributed by atoms with Crippen LogP contribution in [0, 0.1) is 0 Å². The lowest BCUT2D eigenvalue weighted by atomic mass is 10.3. The third-order valence-corrected chi connectivity index (χ3v) is 3.97. The minimum Gasteiger partial charge on any atom is -0.383 e. The molecule has 0 heterocycles. The summed E-state index contributed by atoms with van der Waals surface area (Å²) in [5.41, 5.74) is 0.182. The molecule has 8 heteroatoms. The molecule has 1 aromatic rings. The van der Waals surface area contributed by atoms with Crippen LogP contribution < -0.4 is 10.6 Å². The number of alkyl halides is 2. The number of rotatable bonds is 9. The zero-order chi connectivity index (χ0) is 15.0. The molecule has 0 aliphatic rings. The van der Waals surface area contributed by atoms with Crippen LogP contribution in [0.5, 0.6) is 0 Å². The average Bonchev–Trinajstić information content (AvgIpc) is 2.43. The van der Waals surface area contributed by atoms with Crippen molar-refractivity contribution in [1.29, 1.82) is 0 Å². The Hall–Kier alpha value is -1.25. The number of benzene rings is 1. The summed E-state index contributed by atoms with van der Waals surface area (Å²) < 4.78 is 53.0. The Balaban J connectivity index is 2.63. The Bertz CT molecular complexity index is 509. The van der Waals surface area contributed by atoms with Gasteiger partial charge < -0.3 is 15.4 Å². The zero-order valence-electron chi connectivity index (χ0n) is 11.1. The molecule has 2 N–H and O–H groups in total. The van der Waals surface area contributed by atoms with Crippen molar-refractivity contribution in [2.45, 2.75) is 10.7 Å². The topological polar surface area (TPSA) is 67.4 Å². The van der Waals surface area contributed by atoms with E-state index in [4.69, 9.17) is 4.74 Å². The fourth-order valence-corrected chi connectivity index (χ4v) is 2.45. The van der Waals surface area contributed by atoms with Crippen LogP contribution in [-0.4, -0.2) is 47.5 Å². The molecule has 0 aromatic heterocycles. The van der Waals surface area contributed by atoms with Crippen molar-refractivity contribution < 1.29 is 21.9 Å². The molecule has 5 nitrogen and oxygen atoms in total. The molecule has 1 aromatic carbocycles. The van der Waals surface area contributed by atoms with E-state index in [0.29, 0.717) is 26.2 Å². The normalized spacial score (nSPS) is 11.8. The van der Waals surface area contributed by atoms with Gasteiger partial charge in [-0.2, -0.15) is 8.78 Å². The van der Waals surface area contributed by atoms with E-state index in [0.717, 1.165) is 0 Å². The van der Waals surface area contributed by atoms with Crippen molar-refractivity contribution in [2.75, 3.05) is 38.7 Å². The monoisotopic (exact) mass is 308 g/mol. The standard InChI is InChI=1S/C12H18F2N2O3S/c1-19-9-8-15-6-7-16-10-4-2-3-5-11(10)20(17,18)12(13)14/h2-5,12,15-16H,6-9H2,1H3. The van der Waals surface area contributed by atoms with E-state index in [-0.39, 0.29) is 10.6 Å². The number of hydrogen-bond donors (Lipinski definition) is 2. The molecule has 0 saturated carbocycles. The van der Waals surface area contributed by atoms with Crippen LogP contribution in [0.25, 0.3) is 0 Å². The summed E-state index contributed by atoms with van der Waals surface area (Å²) in [6, 6.07) is 5.63. The first-order valence-electron chi connectivity index (χ1n) is 6.04. The zero-order valence-corrected chi connectivity index (χ0v) is 11.9. The van der Waals surface area contributed by atoms with E-state index in [9.17, 15) is 17.2 Å². The van der Waals surface area contributed by atoms with Crippen LogP contribution in [0.4, 0.5) is 14.5 Å². The fourth-order valence-electron chi connectivity index (χ4n) is 1.54. The molecule has 0 amide bonds. The van der Waals surface area contributed by atoms with Crippen molar-refractivity contribution in [3.05, 3.63) is 24.3 Å². The maximum atomic E-state index is 12.6. The molecule has 0 aliphatic carbocycles. The number of sulfone groups is 1. The predicted octanol–water partition coefficient (Wildman–Crippen LogP) is 1.33. The van der Waals surface area contributed by atoms with Crippen molar-refractivity contribution >= 4 is 15.5 Å². The van der Waals surface area contributed by atoms with E-state index >= 15 is 0 Å². The van der Waals surface area contributed by atoms with Gasteiger partial charge in [-0.05, 0) is 12.1 Å². The van der Waals surface area contributed by atoms with Crippen molar-refractivity contribution in [1.82, 2.24) is 5.32 Å². The second-order valence-electron chi connectivity index (χ2n) is 3.97. The van der Waals surface area contributed by atoms with E-state index in [1.165, 1.54) is 18.2 Å². The number of anilines is 1. The molecule has 0 spiro atoms. The van der Waals surface area contributed by atoms with Crippen LogP contribution in [0.15, 0.2) is 29.2 Å². The lowest BCUT2D eigenvalue weighted by molar-refractivity contribution is 0.200. The van der Waals surface area contributed by atoms with E-state index in [1.807, 2.05) is 0 Å². The number of hydrogen-bond acceptors (Lipinski definition) is 5. The maximum Gasteiger partial charge on any atom is 0.341 e. The lowest BCUT2D eigenvalue weighted by Gasteiger charge is -2.12. The SMILES string of the molecule is COCCNCCNc1ccccc1S(=O)(=O)C(F)F. The third kappa shape index (κ3) is 4.69. The Morgan fingerprint density at radius 3 is 2.55 bits per heavy atom. The highest BCUT2D eigenvalue weighted by Gasteiger charge is 2.28. The Labute approximate surface area is 117 Å². The summed E-state index contributed by atoms with van der Waals surface area (Å²) in [5.74, 6) is -3.43.